The van der Waals surface area contributed by atoms with Gasteiger partial charge in [-0.3, -0.25) is 4.79 Å². The third-order valence-electron chi connectivity index (χ3n) is 2.24. The number of carbonyl (C=O) groups excluding carboxylic acids is 1. The summed E-state index contributed by atoms with van der Waals surface area (Å²) in [5.41, 5.74) is 0.288. The molecule has 5 nitrogen and oxygen atoms in total. The van der Waals surface area contributed by atoms with Crippen molar-refractivity contribution in [3.63, 3.8) is 0 Å². The Labute approximate surface area is 106 Å². The molecule has 0 aliphatic rings. The fourth-order valence-corrected chi connectivity index (χ4v) is 1.27. The first-order valence-corrected chi connectivity index (χ1v) is 5.64. The summed E-state index contributed by atoms with van der Waals surface area (Å²) in [6.07, 6.45) is 2.54. The summed E-state index contributed by atoms with van der Waals surface area (Å²) in [6.45, 7) is 4.96. The van der Waals surface area contributed by atoms with Crippen molar-refractivity contribution in [3.8, 4) is 11.5 Å². The Morgan fingerprint density at radius 2 is 2.11 bits per heavy atom. The highest BCUT2D eigenvalue weighted by Crippen LogP contribution is 2.24. The van der Waals surface area contributed by atoms with Gasteiger partial charge in [0.1, 0.15) is 0 Å². The number of phenols is 2. The molecule has 0 aliphatic heterocycles. The van der Waals surface area contributed by atoms with Crippen molar-refractivity contribution in [1.29, 1.82) is 0 Å². The predicted octanol–water partition coefficient (Wildman–Crippen LogP) is 1.42. The Morgan fingerprint density at radius 1 is 1.33 bits per heavy atom. The van der Waals surface area contributed by atoms with E-state index in [9.17, 15) is 9.90 Å². The van der Waals surface area contributed by atoms with Gasteiger partial charge in [-0.15, -0.1) is 6.58 Å². The van der Waals surface area contributed by atoms with Crippen molar-refractivity contribution < 1.29 is 19.7 Å². The first kappa shape index (κ1) is 14.1. The Kier molecular flexibility index (Phi) is 5.73. The third-order valence-corrected chi connectivity index (χ3v) is 2.24. The average molecular weight is 251 g/mol. The molecule has 0 aromatic heterocycles. The lowest BCUT2D eigenvalue weighted by atomic mass is 10.2. The fraction of sp³-hybridized carbons (Fsp3) is 0.308. The molecule has 98 valence electrons. The maximum atomic E-state index is 11.6. The van der Waals surface area contributed by atoms with E-state index in [0.29, 0.717) is 19.8 Å². The summed E-state index contributed by atoms with van der Waals surface area (Å²) >= 11 is 0. The summed E-state index contributed by atoms with van der Waals surface area (Å²) in [7, 11) is 0. The predicted molar refractivity (Wildman–Crippen MR) is 67.7 cm³/mol. The Bertz CT molecular complexity index is 417. The molecule has 1 aromatic rings. The molecule has 0 heterocycles. The first-order valence-electron chi connectivity index (χ1n) is 5.64. The molecule has 1 amide bonds. The van der Waals surface area contributed by atoms with Crippen LogP contribution in [-0.4, -0.2) is 35.9 Å². The number of ether oxygens (including phenoxy) is 1. The van der Waals surface area contributed by atoms with Gasteiger partial charge < -0.3 is 20.3 Å². The second-order valence-electron chi connectivity index (χ2n) is 3.65. The number of hydrogen-bond acceptors (Lipinski definition) is 4. The van der Waals surface area contributed by atoms with Crippen molar-refractivity contribution in [1.82, 2.24) is 5.32 Å². The molecule has 0 saturated heterocycles. The van der Waals surface area contributed by atoms with E-state index in [1.807, 2.05) is 0 Å². The quantitative estimate of drug-likeness (QED) is 0.389. The van der Waals surface area contributed by atoms with Crippen molar-refractivity contribution in [2.75, 3.05) is 19.8 Å². The molecule has 1 aromatic carbocycles. The standard InChI is InChI=1S/C13H17NO4/c1-2-3-7-18-8-6-14-13(17)10-4-5-11(15)12(16)9-10/h2,4-5,9,15-16H,1,3,6-8H2,(H,14,17). The summed E-state index contributed by atoms with van der Waals surface area (Å²) < 4.78 is 5.23. The van der Waals surface area contributed by atoms with Gasteiger partial charge in [-0.1, -0.05) is 6.08 Å². The zero-order chi connectivity index (χ0) is 13.4. The van der Waals surface area contributed by atoms with Crippen LogP contribution in [0.15, 0.2) is 30.9 Å². The van der Waals surface area contributed by atoms with E-state index in [-0.39, 0.29) is 23.0 Å². The van der Waals surface area contributed by atoms with Gasteiger partial charge in [0, 0.05) is 12.1 Å². The van der Waals surface area contributed by atoms with Crippen LogP contribution >= 0.6 is 0 Å². The van der Waals surface area contributed by atoms with E-state index in [2.05, 4.69) is 11.9 Å². The minimum absolute atomic E-state index is 0.251. The fourth-order valence-electron chi connectivity index (χ4n) is 1.27. The molecule has 0 bridgehead atoms. The molecule has 18 heavy (non-hydrogen) atoms. The van der Waals surface area contributed by atoms with Crippen LogP contribution in [0.25, 0.3) is 0 Å². The van der Waals surface area contributed by atoms with Crippen molar-refractivity contribution in [2.24, 2.45) is 0 Å². The van der Waals surface area contributed by atoms with E-state index in [0.717, 1.165) is 6.42 Å². The molecule has 0 unspecified atom stereocenters. The number of hydrogen-bond donors (Lipinski definition) is 3. The second kappa shape index (κ2) is 7.34. The minimum Gasteiger partial charge on any atom is -0.504 e. The molecular formula is C13H17NO4. The van der Waals surface area contributed by atoms with Crippen LogP contribution in [0.5, 0.6) is 11.5 Å². The highest BCUT2D eigenvalue weighted by Gasteiger charge is 2.07. The van der Waals surface area contributed by atoms with Crippen LogP contribution in [0.1, 0.15) is 16.8 Å². The lowest BCUT2D eigenvalue weighted by Gasteiger charge is -2.06. The lowest BCUT2D eigenvalue weighted by molar-refractivity contribution is 0.0917. The van der Waals surface area contributed by atoms with E-state index >= 15 is 0 Å². The average Bonchev–Trinajstić information content (AvgIpc) is 2.36. The highest BCUT2D eigenvalue weighted by atomic mass is 16.5. The smallest absolute Gasteiger partial charge is 0.251 e. The lowest BCUT2D eigenvalue weighted by Crippen LogP contribution is -2.27. The summed E-state index contributed by atoms with van der Waals surface area (Å²) in [5, 5.41) is 21.0. The summed E-state index contributed by atoms with van der Waals surface area (Å²) in [5.74, 6) is -0.887. The maximum absolute atomic E-state index is 11.6. The zero-order valence-electron chi connectivity index (χ0n) is 10.1. The summed E-state index contributed by atoms with van der Waals surface area (Å²) in [6, 6.07) is 3.91. The Balaban J connectivity index is 2.32. The number of carbonyl (C=O) groups is 1. The van der Waals surface area contributed by atoms with Gasteiger partial charge in [-0.2, -0.15) is 0 Å². The number of aromatic hydroxyl groups is 2. The number of benzene rings is 1. The molecule has 0 fully saturated rings. The minimum atomic E-state index is -0.322. The number of phenolic OH excluding ortho intramolecular Hbond substituents is 2. The van der Waals surface area contributed by atoms with Crippen LogP contribution in [0.3, 0.4) is 0 Å². The van der Waals surface area contributed by atoms with Gasteiger partial charge >= 0.3 is 0 Å². The van der Waals surface area contributed by atoms with Crippen LogP contribution in [0.4, 0.5) is 0 Å². The molecule has 3 N–H and O–H groups in total. The second-order valence-corrected chi connectivity index (χ2v) is 3.65. The van der Waals surface area contributed by atoms with E-state index in [4.69, 9.17) is 9.84 Å². The largest absolute Gasteiger partial charge is 0.504 e. The van der Waals surface area contributed by atoms with E-state index in [1.54, 1.807) is 6.08 Å². The molecular weight excluding hydrogens is 234 g/mol. The van der Waals surface area contributed by atoms with Crippen LogP contribution in [-0.2, 0) is 4.74 Å². The van der Waals surface area contributed by atoms with Gasteiger partial charge in [0.05, 0.1) is 13.2 Å². The van der Waals surface area contributed by atoms with Gasteiger partial charge in [-0.25, -0.2) is 0 Å². The molecule has 0 aliphatic carbocycles. The Hall–Kier alpha value is -2.01. The zero-order valence-corrected chi connectivity index (χ0v) is 10.1. The van der Waals surface area contributed by atoms with Gasteiger partial charge in [0.25, 0.3) is 5.91 Å². The molecule has 1 rings (SSSR count). The van der Waals surface area contributed by atoms with E-state index in [1.165, 1.54) is 18.2 Å². The topological polar surface area (TPSA) is 78.8 Å². The van der Waals surface area contributed by atoms with Crippen LogP contribution < -0.4 is 5.32 Å². The molecule has 0 spiro atoms. The van der Waals surface area contributed by atoms with Gasteiger partial charge in [0.2, 0.25) is 0 Å². The van der Waals surface area contributed by atoms with Gasteiger partial charge in [-0.05, 0) is 24.6 Å². The van der Waals surface area contributed by atoms with Crippen molar-refractivity contribution in [3.05, 3.63) is 36.4 Å². The van der Waals surface area contributed by atoms with Crippen molar-refractivity contribution in [2.45, 2.75) is 6.42 Å². The van der Waals surface area contributed by atoms with Gasteiger partial charge in [0.15, 0.2) is 11.5 Å². The molecule has 0 radical (unpaired) electrons. The SMILES string of the molecule is C=CCCOCCNC(=O)c1ccc(O)c(O)c1. The Morgan fingerprint density at radius 3 is 2.78 bits per heavy atom. The number of nitrogens with one attached hydrogen (secondary N) is 1. The first-order chi connectivity index (χ1) is 8.65. The van der Waals surface area contributed by atoms with Crippen molar-refractivity contribution >= 4 is 5.91 Å². The highest BCUT2D eigenvalue weighted by molar-refractivity contribution is 5.94. The molecule has 0 saturated carbocycles. The van der Waals surface area contributed by atoms with Crippen LogP contribution in [0, 0.1) is 0 Å². The normalized spacial score (nSPS) is 10.0. The maximum Gasteiger partial charge on any atom is 0.251 e. The monoisotopic (exact) mass is 251 g/mol. The molecule has 5 heteroatoms. The number of rotatable bonds is 7. The van der Waals surface area contributed by atoms with E-state index < -0.39 is 0 Å². The molecule has 0 atom stereocenters. The number of amides is 1. The summed E-state index contributed by atoms with van der Waals surface area (Å²) in [4.78, 5) is 11.6. The van der Waals surface area contributed by atoms with Crippen LogP contribution in [0.2, 0.25) is 0 Å². The third kappa shape index (κ3) is 4.47.